The first-order chi connectivity index (χ1) is 10.3. The molecule has 0 aromatic carbocycles. The van der Waals surface area contributed by atoms with E-state index in [9.17, 15) is 0 Å². The Morgan fingerprint density at radius 3 is 2.91 bits per heavy atom. The molecule has 4 nitrogen and oxygen atoms in total. The molecule has 1 aromatic rings. The maximum absolute atomic E-state index is 4.67. The highest BCUT2D eigenvalue weighted by Crippen LogP contribution is 2.27. The van der Waals surface area contributed by atoms with Gasteiger partial charge in [0.25, 0.3) is 0 Å². The molecule has 0 radical (unpaired) electrons. The Morgan fingerprint density at radius 2 is 2.27 bits per heavy atom. The summed E-state index contributed by atoms with van der Waals surface area (Å²) in [5.74, 6) is 0.945. The number of thioether (sulfide) groups is 1. The van der Waals surface area contributed by atoms with Gasteiger partial charge in [-0.1, -0.05) is 6.07 Å². The van der Waals surface area contributed by atoms with E-state index in [2.05, 4.69) is 39.9 Å². The van der Waals surface area contributed by atoms with E-state index < -0.39 is 0 Å². The molecule has 1 aliphatic carbocycles. The fourth-order valence-electron chi connectivity index (χ4n) is 2.63. The molecule has 2 N–H and O–H groups in total. The minimum absolute atomic E-state index is 0. The summed E-state index contributed by atoms with van der Waals surface area (Å²) in [6.45, 7) is 3.77. The fraction of sp³-hybridized carbons (Fsp3) is 0.625. The highest BCUT2D eigenvalue weighted by molar-refractivity contribution is 14.0. The summed E-state index contributed by atoms with van der Waals surface area (Å²) >= 11 is 1.98. The predicted molar refractivity (Wildman–Crippen MR) is 107 cm³/mol. The highest BCUT2D eigenvalue weighted by atomic mass is 127. The van der Waals surface area contributed by atoms with Gasteiger partial charge in [-0.05, 0) is 44.6 Å². The molecular weight excluding hydrogens is 407 g/mol. The number of pyridine rings is 1. The van der Waals surface area contributed by atoms with Crippen LogP contribution in [0.25, 0.3) is 0 Å². The van der Waals surface area contributed by atoms with Crippen LogP contribution in [0.5, 0.6) is 0 Å². The van der Waals surface area contributed by atoms with E-state index in [1.54, 1.807) is 0 Å². The number of rotatable bonds is 6. The Kier molecular flexibility index (Phi) is 9.86. The molecule has 0 aliphatic heterocycles. The molecule has 1 fully saturated rings. The van der Waals surface area contributed by atoms with Crippen LogP contribution in [0.15, 0.2) is 29.4 Å². The Bertz CT molecular complexity index is 441. The normalized spacial score (nSPS) is 21.3. The van der Waals surface area contributed by atoms with E-state index in [0.717, 1.165) is 36.4 Å². The van der Waals surface area contributed by atoms with Gasteiger partial charge in [-0.25, -0.2) is 0 Å². The molecule has 2 rings (SSSR count). The van der Waals surface area contributed by atoms with Crippen LogP contribution in [-0.4, -0.2) is 41.6 Å². The van der Waals surface area contributed by atoms with E-state index in [4.69, 9.17) is 0 Å². The molecule has 1 heterocycles. The minimum atomic E-state index is 0. The third kappa shape index (κ3) is 6.73. The third-order valence-corrected chi connectivity index (χ3v) is 4.86. The summed E-state index contributed by atoms with van der Waals surface area (Å²) in [6.07, 6.45) is 8.73. The SMILES string of the molecule is CCNC(=NCCc1ccccn1)NC1CCC(SC)C1.I. The zero-order valence-electron chi connectivity index (χ0n) is 13.4. The average molecular weight is 434 g/mol. The summed E-state index contributed by atoms with van der Waals surface area (Å²) in [6, 6.07) is 6.59. The Hall–Kier alpha value is -0.500. The number of nitrogens with zero attached hydrogens (tertiary/aromatic N) is 2. The summed E-state index contributed by atoms with van der Waals surface area (Å²) < 4.78 is 0. The van der Waals surface area contributed by atoms with Crippen molar-refractivity contribution in [2.24, 2.45) is 4.99 Å². The Balaban J connectivity index is 0.00000242. The lowest BCUT2D eigenvalue weighted by atomic mass is 10.2. The number of halogens is 1. The minimum Gasteiger partial charge on any atom is -0.357 e. The van der Waals surface area contributed by atoms with Gasteiger partial charge in [0.1, 0.15) is 0 Å². The van der Waals surface area contributed by atoms with Crippen molar-refractivity contribution in [3.8, 4) is 0 Å². The number of hydrogen-bond donors (Lipinski definition) is 2. The van der Waals surface area contributed by atoms with Gasteiger partial charge in [-0.2, -0.15) is 11.8 Å². The van der Waals surface area contributed by atoms with E-state index in [1.807, 2.05) is 30.1 Å². The van der Waals surface area contributed by atoms with Crippen LogP contribution in [0.4, 0.5) is 0 Å². The molecule has 22 heavy (non-hydrogen) atoms. The van der Waals surface area contributed by atoms with E-state index in [1.165, 1.54) is 19.3 Å². The quantitative estimate of drug-likeness (QED) is 0.411. The lowest BCUT2D eigenvalue weighted by Crippen LogP contribution is -2.42. The van der Waals surface area contributed by atoms with Crippen molar-refractivity contribution in [2.45, 2.75) is 43.9 Å². The molecule has 0 spiro atoms. The maximum Gasteiger partial charge on any atom is 0.191 e. The van der Waals surface area contributed by atoms with Crippen LogP contribution < -0.4 is 10.6 Å². The molecule has 2 unspecified atom stereocenters. The molecule has 124 valence electrons. The van der Waals surface area contributed by atoms with E-state index in [0.29, 0.717) is 6.04 Å². The second-order valence-corrected chi connectivity index (χ2v) is 6.48. The lowest BCUT2D eigenvalue weighted by Gasteiger charge is -2.17. The predicted octanol–water partition coefficient (Wildman–Crippen LogP) is 3.08. The number of aromatic nitrogens is 1. The second kappa shape index (κ2) is 11.1. The number of nitrogens with one attached hydrogen (secondary N) is 2. The van der Waals surface area contributed by atoms with Gasteiger partial charge in [0, 0.05) is 42.7 Å². The zero-order valence-corrected chi connectivity index (χ0v) is 16.6. The van der Waals surface area contributed by atoms with Crippen molar-refractivity contribution in [3.63, 3.8) is 0 Å². The summed E-state index contributed by atoms with van der Waals surface area (Å²) in [7, 11) is 0. The Morgan fingerprint density at radius 1 is 1.41 bits per heavy atom. The van der Waals surface area contributed by atoms with Crippen molar-refractivity contribution in [1.82, 2.24) is 15.6 Å². The topological polar surface area (TPSA) is 49.3 Å². The van der Waals surface area contributed by atoms with Crippen LogP contribution >= 0.6 is 35.7 Å². The summed E-state index contributed by atoms with van der Waals surface area (Å²) in [4.78, 5) is 9.00. The van der Waals surface area contributed by atoms with Crippen molar-refractivity contribution in [3.05, 3.63) is 30.1 Å². The first-order valence-corrected chi connectivity index (χ1v) is 9.08. The molecule has 0 bridgehead atoms. The van der Waals surface area contributed by atoms with Crippen LogP contribution in [-0.2, 0) is 6.42 Å². The van der Waals surface area contributed by atoms with Gasteiger partial charge in [-0.15, -0.1) is 24.0 Å². The highest BCUT2D eigenvalue weighted by Gasteiger charge is 2.24. The third-order valence-electron chi connectivity index (χ3n) is 3.77. The molecule has 0 saturated heterocycles. The van der Waals surface area contributed by atoms with Gasteiger partial charge in [0.2, 0.25) is 0 Å². The van der Waals surface area contributed by atoms with E-state index >= 15 is 0 Å². The fourth-order valence-corrected chi connectivity index (χ4v) is 3.42. The van der Waals surface area contributed by atoms with Crippen molar-refractivity contribution in [2.75, 3.05) is 19.3 Å². The standard InChI is InChI=1S/C16H26N4S.HI/c1-3-17-16(20-14-7-8-15(12-14)21-2)19-11-9-13-6-4-5-10-18-13;/h4-6,10,14-15H,3,7-9,11-12H2,1-2H3,(H2,17,19,20);1H. The average Bonchev–Trinajstić information content (AvgIpc) is 2.96. The first-order valence-electron chi connectivity index (χ1n) is 7.79. The number of hydrogen-bond acceptors (Lipinski definition) is 3. The van der Waals surface area contributed by atoms with Gasteiger partial charge < -0.3 is 10.6 Å². The first kappa shape index (κ1) is 19.5. The summed E-state index contributed by atoms with van der Waals surface area (Å²) in [5, 5.41) is 7.72. The molecule has 0 amide bonds. The van der Waals surface area contributed by atoms with Crippen LogP contribution in [0.2, 0.25) is 0 Å². The second-order valence-electron chi connectivity index (χ2n) is 5.34. The largest absolute Gasteiger partial charge is 0.357 e. The van der Waals surface area contributed by atoms with Crippen LogP contribution in [0.3, 0.4) is 0 Å². The van der Waals surface area contributed by atoms with Crippen molar-refractivity contribution >= 4 is 41.7 Å². The smallest absolute Gasteiger partial charge is 0.191 e. The molecule has 1 aromatic heterocycles. The van der Waals surface area contributed by atoms with Gasteiger partial charge >= 0.3 is 0 Å². The van der Waals surface area contributed by atoms with Gasteiger partial charge in [0.15, 0.2) is 5.96 Å². The van der Waals surface area contributed by atoms with Gasteiger partial charge in [0.05, 0.1) is 0 Å². The van der Waals surface area contributed by atoms with E-state index in [-0.39, 0.29) is 24.0 Å². The molecular formula is C16H27IN4S. The summed E-state index contributed by atoms with van der Waals surface area (Å²) in [5.41, 5.74) is 1.10. The van der Waals surface area contributed by atoms with Crippen LogP contribution in [0, 0.1) is 0 Å². The zero-order chi connectivity index (χ0) is 14.9. The molecule has 2 atom stereocenters. The lowest BCUT2D eigenvalue weighted by molar-refractivity contribution is 0.615. The van der Waals surface area contributed by atoms with Crippen LogP contribution in [0.1, 0.15) is 31.9 Å². The molecule has 1 aliphatic rings. The van der Waals surface area contributed by atoms with Crippen molar-refractivity contribution < 1.29 is 0 Å². The molecule has 1 saturated carbocycles. The Labute approximate surface area is 155 Å². The molecule has 6 heteroatoms. The maximum atomic E-state index is 4.67. The van der Waals surface area contributed by atoms with Gasteiger partial charge in [-0.3, -0.25) is 9.98 Å². The monoisotopic (exact) mass is 434 g/mol. The van der Waals surface area contributed by atoms with Crippen molar-refractivity contribution in [1.29, 1.82) is 0 Å². The number of guanidine groups is 1. The number of aliphatic imine (C=N–C) groups is 1.